The van der Waals surface area contributed by atoms with Crippen LogP contribution in [-0.2, 0) is 6.42 Å². The number of alkyl halides is 3. The van der Waals surface area contributed by atoms with Crippen molar-refractivity contribution in [2.24, 2.45) is 0 Å². The van der Waals surface area contributed by atoms with Crippen LogP contribution in [0.25, 0.3) is 22.0 Å². The van der Waals surface area contributed by atoms with Crippen molar-refractivity contribution in [2.75, 3.05) is 0 Å². The predicted octanol–water partition coefficient (Wildman–Crippen LogP) is 6.01. The number of nitrogens with zero attached hydrogens (tertiary/aromatic N) is 1. The van der Waals surface area contributed by atoms with E-state index in [9.17, 15) is 13.2 Å². The number of halogens is 3. The van der Waals surface area contributed by atoms with Gasteiger partial charge in [0.2, 0.25) is 0 Å². The van der Waals surface area contributed by atoms with Crippen LogP contribution in [0.1, 0.15) is 23.1 Å². The molecule has 1 aromatic heterocycles. The van der Waals surface area contributed by atoms with Gasteiger partial charge in [-0.05, 0) is 49.4 Å². The first-order chi connectivity index (χ1) is 11.3. The van der Waals surface area contributed by atoms with E-state index in [1.54, 1.807) is 12.3 Å². The Labute approximate surface area is 139 Å². The van der Waals surface area contributed by atoms with Crippen LogP contribution in [0, 0.1) is 13.8 Å². The molecule has 0 N–H and O–H groups in total. The van der Waals surface area contributed by atoms with Gasteiger partial charge in [0.1, 0.15) is 0 Å². The fraction of sp³-hybridized carbons (Fsp3) is 0.250. The largest absolute Gasteiger partial charge is 0.389 e. The van der Waals surface area contributed by atoms with Crippen molar-refractivity contribution in [2.45, 2.75) is 32.9 Å². The molecule has 3 rings (SSSR count). The second-order valence-corrected chi connectivity index (χ2v) is 6.21. The first-order valence-electron chi connectivity index (χ1n) is 7.85. The first kappa shape index (κ1) is 16.5. The molecule has 0 aliphatic rings. The van der Waals surface area contributed by atoms with Crippen LogP contribution in [0.2, 0.25) is 0 Å². The van der Waals surface area contributed by atoms with E-state index in [-0.39, 0.29) is 6.42 Å². The van der Waals surface area contributed by atoms with Crippen LogP contribution >= 0.6 is 0 Å². The van der Waals surface area contributed by atoms with E-state index in [0.717, 1.165) is 33.2 Å². The third-order valence-corrected chi connectivity index (χ3v) is 4.02. The fourth-order valence-electron chi connectivity index (χ4n) is 3.01. The number of aromatic nitrogens is 1. The lowest BCUT2D eigenvalue weighted by Crippen LogP contribution is -2.08. The van der Waals surface area contributed by atoms with Crippen LogP contribution in [0.4, 0.5) is 13.2 Å². The van der Waals surface area contributed by atoms with Crippen molar-refractivity contribution in [1.29, 1.82) is 0 Å². The number of hydrogen-bond donors (Lipinski definition) is 0. The highest BCUT2D eigenvalue weighted by Gasteiger charge is 2.26. The summed E-state index contributed by atoms with van der Waals surface area (Å²) in [6.45, 7) is 4.08. The number of pyridine rings is 1. The summed E-state index contributed by atoms with van der Waals surface area (Å²) in [5.41, 5.74) is 4.90. The highest BCUT2D eigenvalue weighted by Crippen LogP contribution is 2.29. The Balaban J connectivity index is 2.02. The number of aryl methyl sites for hydroxylation is 3. The van der Waals surface area contributed by atoms with Gasteiger partial charge in [-0.1, -0.05) is 35.4 Å². The summed E-state index contributed by atoms with van der Waals surface area (Å²) in [7, 11) is 0. The van der Waals surface area contributed by atoms with Crippen LogP contribution in [0.3, 0.4) is 0 Å². The van der Waals surface area contributed by atoms with Crippen molar-refractivity contribution in [3.63, 3.8) is 0 Å². The zero-order valence-electron chi connectivity index (χ0n) is 13.6. The van der Waals surface area contributed by atoms with Crippen LogP contribution in [-0.4, -0.2) is 11.2 Å². The van der Waals surface area contributed by atoms with Gasteiger partial charge in [-0.25, -0.2) is 0 Å². The molecule has 124 valence electrons. The Morgan fingerprint density at radius 2 is 1.62 bits per heavy atom. The first-order valence-corrected chi connectivity index (χ1v) is 7.85. The maximum absolute atomic E-state index is 12.4. The molecule has 0 saturated carbocycles. The minimum atomic E-state index is -4.13. The monoisotopic (exact) mass is 329 g/mol. The molecule has 0 saturated heterocycles. The summed E-state index contributed by atoms with van der Waals surface area (Å²) in [4.78, 5) is 4.49. The lowest BCUT2D eigenvalue weighted by atomic mass is 9.98. The molecular weight excluding hydrogens is 311 g/mol. The van der Waals surface area contributed by atoms with Crippen LogP contribution < -0.4 is 0 Å². The number of fused-ring (bicyclic) bond motifs is 1. The van der Waals surface area contributed by atoms with Gasteiger partial charge in [-0.15, -0.1) is 0 Å². The average Bonchev–Trinajstić information content (AvgIpc) is 2.50. The molecule has 2 aromatic carbocycles. The van der Waals surface area contributed by atoms with Crippen molar-refractivity contribution in [3.8, 4) is 11.3 Å². The summed E-state index contributed by atoms with van der Waals surface area (Å²) in [6.07, 6.45) is -3.21. The van der Waals surface area contributed by atoms with Gasteiger partial charge < -0.3 is 0 Å². The van der Waals surface area contributed by atoms with Gasteiger partial charge in [-0.2, -0.15) is 13.2 Å². The Kier molecular flexibility index (Phi) is 4.31. The molecule has 0 fully saturated rings. The maximum Gasteiger partial charge on any atom is 0.389 e. The molecule has 0 amide bonds. The molecule has 24 heavy (non-hydrogen) atoms. The third kappa shape index (κ3) is 3.75. The maximum atomic E-state index is 12.4. The minimum Gasteiger partial charge on any atom is -0.256 e. The van der Waals surface area contributed by atoms with Crippen LogP contribution in [0.15, 0.2) is 48.7 Å². The zero-order chi connectivity index (χ0) is 17.3. The normalized spacial score (nSPS) is 11.9. The standard InChI is InChI=1S/C20H18F3N/c1-13-9-14(2)11-17(10-13)19-18-4-3-15(5-7-20(21,22)23)12-16(18)6-8-24-19/h3-4,6,8-12H,5,7H2,1-2H3. The Morgan fingerprint density at radius 3 is 2.29 bits per heavy atom. The van der Waals surface area contributed by atoms with E-state index in [0.29, 0.717) is 5.56 Å². The summed E-state index contributed by atoms with van der Waals surface area (Å²) in [5.74, 6) is 0. The van der Waals surface area contributed by atoms with E-state index in [1.165, 1.54) is 0 Å². The Hall–Kier alpha value is -2.36. The fourth-order valence-corrected chi connectivity index (χ4v) is 3.01. The van der Waals surface area contributed by atoms with Crippen molar-refractivity contribution in [1.82, 2.24) is 4.98 Å². The van der Waals surface area contributed by atoms with Gasteiger partial charge in [-0.3, -0.25) is 4.98 Å². The Bertz CT molecular complexity index is 861. The molecule has 0 bridgehead atoms. The highest BCUT2D eigenvalue weighted by atomic mass is 19.4. The lowest BCUT2D eigenvalue weighted by molar-refractivity contribution is -0.133. The van der Waals surface area contributed by atoms with Crippen molar-refractivity contribution < 1.29 is 13.2 Å². The Morgan fingerprint density at radius 1 is 0.917 bits per heavy atom. The smallest absolute Gasteiger partial charge is 0.256 e. The van der Waals surface area contributed by atoms with E-state index in [1.807, 2.05) is 32.0 Å². The summed E-state index contributed by atoms with van der Waals surface area (Å²) < 4.78 is 37.2. The number of rotatable bonds is 3. The molecule has 3 aromatic rings. The highest BCUT2D eigenvalue weighted by molar-refractivity contribution is 5.95. The van der Waals surface area contributed by atoms with Crippen molar-refractivity contribution >= 4 is 10.8 Å². The van der Waals surface area contributed by atoms with Crippen LogP contribution in [0.5, 0.6) is 0 Å². The number of hydrogen-bond acceptors (Lipinski definition) is 1. The van der Waals surface area contributed by atoms with E-state index >= 15 is 0 Å². The van der Waals surface area contributed by atoms with E-state index in [4.69, 9.17) is 0 Å². The van der Waals surface area contributed by atoms with E-state index < -0.39 is 12.6 Å². The lowest BCUT2D eigenvalue weighted by Gasteiger charge is -2.10. The van der Waals surface area contributed by atoms with Crippen molar-refractivity contribution in [3.05, 3.63) is 65.4 Å². The van der Waals surface area contributed by atoms with Gasteiger partial charge in [0.15, 0.2) is 0 Å². The zero-order valence-corrected chi connectivity index (χ0v) is 13.6. The molecule has 0 aliphatic carbocycles. The van der Waals surface area contributed by atoms with Gasteiger partial charge in [0.05, 0.1) is 5.69 Å². The average molecular weight is 329 g/mol. The molecule has 0 aliphatic heterocycles. The number of benzene rings is 2. The molecule has 0 radical (unpaired) electrons. The molecule has 0 atom stereocenters. The topological polar surface area (TPSA) is 12.9 Å². The van der Waals surface area contributed by atoms with Gasteiger partial charge in [0, 0.05) is 23.6 Å². The molecule has 1 heterocycles. The molecule has 0 spiro atoms. The molecule has 4 heteroatoms. The molecular formula is C20H18F3N. The second kappa shape index (κ2) is 6.27. The summed E-state index contributed by atoms with van der Waals surface area (Å²) in [5, 5.41) is 1.87. The third-order valence-electron chi connectivity index (χ3n) is 4.02. The summed E-state index contributed by atoms with van der Waals surface area (Å²) in [6, 6.07) is 13.6. The quantitative estimate of drug-likeness (QED) is 0.573. The predicted molar refractivity (Wildman–Crippen MR) is 91.0 cm³/mol. The van der Waals surface area contributed by atoms with Gasteiger partial charge in [0.25, 0.3) is 0 Å². The second-order valence-electron chi connectivity index (χ2n) is 6.21. The summed E-state index contributed by atoms with van der Waals surface area (Å²) >= 11 is 0. The van der Waals surface area contributed by atoms with Gasteiger partial charge >= 0.3 is 6.18 Å². The van der Waals surface area contributed by atoms with E-state index in [2.05, 4.69) is 23.2 Å². The molecule has 0 unspecified atom stereocenters. The molecule has 1 nitrogen and oxygen atoms in total. The SMILES string of the molecule is Cc1cc(C)cc(-c2nccc3cc(CCC(F)(F)F)ccc23)c1. The minimum absolute atomic E-state index is 0.000644.